The van der Waals surface area contributed by atoms with E-state index in [1.54, 1.807) is 0 Å². The number of halogens is 1. The van der Waals surface area contributed by atoms with Crippen molar-refractivity contribution in [3.63, 3.8) is 0 Å². The quantitative estimate of drug-likeness (QED) is 0.775. The molecule has 7 heteroatoms. The van der Waals surface area contributed by atoms with E-state index in [1.807, 2.05) is 29.2 Å². The second-order valence-corrected chi connectivity index (χ2v) is 5.99. The molecule has 3 rings (SSSR count). The van der Waals surface area contributed by atoms with E-state index in [0.29, 0.717) is 18.3 Å². The molecule has 1 fully saturated rings. The van der Waals surface area contributed by atoms with Crippen molar-refractivity contribution in [2.45, 2.75) is 25.4 Å². The zero-order valence-electron chi connectivity index (χ0n) is 12.2. The molecule has 0 spiro atoms. The number of hydrogen-bond donors (Lipinski definition) is 0. The molecule has 2 heterocycles. The number of methoxy groups -OCH3 is 1. The Morgan fingerprint density at radius 3 is 3.05 bits per heavy atom. The number of nitrogens with zero attached hydrogens (tertiary/aromatic N) is 3. The van der Waals surface area contributed by atoms with Gasteiger partial charge in [-0.1, -0.05) is 12.1 Å². The standard InChI is InChI=1S/C15H16BrN3O3/c1-21-15(20)12-7-4-8-19(12)9-13-17-18-14(22-13)10-5-2-3-6-11(10)16/h2-3,5-6,12H,4,7-9H2,1H3. The summed E-state index contributed by atoms with van der Waals surface area (Å²) in [7, 11) is 1.41. The van der Waals surface area contributed by atoms with Gasteiger partial charge in [0.1, 0.15) is 6.04 Å². The van der Waals surface area contributed by atoms with Crippen molar-refractivity contribution in [2.75, 3.05) is 13.7 Å². The summed E-state index contributed by atoms with van der Waals surface area (Å²) in [5.74, 6) is 0.765. The number of hydrogen-bond acceptors (Lipinski definition) is 6. The minimum absolute atomic E-state index is 0.206. The van der Waals surface area contributed by atoms with Gasteiger partial charge < -0.3 is 9.15 Å². The molecule has 1 aliphatic rings. The molecule has 0 aliphatic carbocycles. The molecule has 1 aromatic carbocycles. The van der Waals surface area contributed by atoms with Gasteiger partial charge >= 0.3 is 5.97 Å². The molecule has 22 heavy (non-hydrogen) atoms. The first-order chi connectivity index (χ1) is 10.7. The van der Waals surface area contributed by atoms with Gasteiger partial charge in [-0.3, -0.25) is 9.69 Å². The van der Waals surface area contributed by atoms with Crippen molar-refractivity contribution < 1.29 is 13.9 Å². The number of carbonyl (C=O) groups excluding carboxylic acids is 1. The molecular formula is C15H16BrN3O3. The normalized spacial score (nSPS) is 18.5. The third kappa shape index (κ3) is 3.05. The lowest BCUT2D eigenvalue weighted by atomic mass is 10.2. The van der Waals surface area contributed by atoms with E-state index in [2.05, 4.69) is 26.1 Å². The van der Waals surface area contributed by atoms with E-state index in [9.17, 15) is 4.79 Å². The lowest BCUT2D eigenvalue weighted by Gasteiger charge is -2.20. The van der Waals surface area contributed by atoms with Crippen molar-refractivity contribution in [1.82, 2.24) is 15.1 Å². The van der Waals surface area contributed by atoms with Crippen LogP contribution >= 0.6 is 15.9 Å². The highest BCUT2D eigenvalue weighted by Crippen LogP contribution is 2.27. The third-order valence-corrected chi connectivity index (χ3v) is 4.44. The Hall–Kier alpha value is -1.73. The maximum absolute atomic E-state index is 11.7. The summed E-state index contributed by atoms with van der Waals surface area (Å²) in [5.41, 5.74) is 0.854. The van der Waals surface area contributed by atoms with Crippen LogP contribution in [0, 0.1) is 0 Å². The number of likely N-dealkylation sites (tertiary alicyclic amines) is 1. The fourth-order valence-corrected chi connectivity index (χ4v) is 3.11. The van der Waals surface area contributed by atoms with E-state index in [1.165, 1.54) is 7.11 Å². The lowest BCUT2D eigenvalue weighted by Crippen LogP contribution is -2.36. The number of aromatic nitrogens is 2. The number of rotatable bonds is 4. The molecule has 0 bridgehead atoms. The summed E-state index contributed by atoms with van der Waals surface area (Å²) in [6.45, 7) is 1.28. The molecular weight excluding hydrogens is 350 g/mol. The first kappa shape index (κ1) is 15.2. The Morgan fingerprint density at radius 2 is 2.27 bits per heavy atom. The highest BCUT2D eigenvalue weighted by atomic mass is 79.9. The predicted octanol–water partition coefficient (Wildman–Crippen LogP) is 2.64. The second-order valence-electron chi connectivity index (χ2n) is 5.13. The van der Waals surface area contributed by atoms with Gasteiger partial charge in [-0.2, -0.15) is 0 Å². The van der Waals surface area contributed by atoms with E-state index in [4.69, 9.17) is 9.15 Å². The molecule has 1 atom stereocenters. The SMILES string of the molecule is COC(=O)C1CCCN1Cc1nnc(-c2ccccc2Br)o1. The van der Waals surface area contributed by atoms with Crippen LogP contribution in [-0.4, -0.2) is 40.8 Å². The smallest absolute Gasteiger partial charge is 0.323 e. The maximum atomic E-state index is 11.7. The fraction of sp³-hybridized carbons (Fsp3) is 0.400. The van der Waals surface area contributed by atoms with Crippen molar-refractivity contribution >= 4 is 21.9 Å². The minimum atomic E-state index is -0.219. The van der Waals surface area contributed by atoms with Crippen molar-refractivity contribution in [2.24, 2.45) is 0 Å². The average Bonchev–Trinajstić information content (AvgIpc) is 3.17. The molecule has 1 unspecified atom stereocenters. The molecule has 0 amide bonds. The van der Waals surface area contributed by atoms with Crippen molar-refractivity contribution in [1.29, 1.82) is 0 Å². The van der Waals surface area contributed by atoms with Crippen molar-refractivity contribution in [3.8, 4) is 11.5 Å². The molecule has 1 aromatic heterocycles. The average molecular weight is 366 g/mol. The topological polar surface area (TPSA) is 68.5 Å². The summed E-state index contributed by atoms with van der Waals surface area (Å²) in [6, 6.07) is 7.46. The zero-order valence-corrected chi connectivity index (χ0v) is 13.7. The molecule has 0 N–H and O–H groups in total. The van der Waals surface area contributed by atoms with Crippen LogP contribution < -0.4 is 0 Å². The molecule has 2 aromatic rings. The van der Waals surface area contributed by atoms with Gasteiger partial charge in [0.15, 0.2) is 0 Å². The van der Waals surface area contributed by atoms with Gasteiger partial charge in [-0.05, 0) is 47.4 Å². The van der Waals surface area contributed by atoms with Crippen LogP contribution in [0.15, 0.2) is 33.2 Å². The fourth-order valence-electron chi connectivity index (χ4n) is 2.65. The van der Waals surface area contributed by atoms with Gasteiger partial charge in [0.05, 0.1) is 19.2 Å². The number of carbonyl (C=O) groups is 1. The molecule has 116 valence electrons. The van der Waals surface area contributed by atoms with Crippen LogP contribution in [0.3, 0.4) is 0 Å². The summed E-state index contributed by atoms with van der Waals surface area (Å²) < 4.78 is 11.5. The Balaban J connectivity index is 1.75. The summed E-state index contributed by atoms with van der Waals surface area (Å²) in [4.78, 5) is 13.8. The summed E-state index contributed by atoms with van der Waals surface area (Å²) in [6.07, 6.45) is 1.77. The van der Waals surface area contributed by atoms with Gasteiger partial charge in [-0.15, -0.1) is 10.2 Å². The van der Waals surface area contributed by atoms with Crippen LogP contribution in [0.2, 0.25) is 0 Å². The van der Waals surface area contributed by atoms with E-state index < -0.39 is 0 Å². The lowest BCUT2D eigenvalue weighted by molar-refractivity contribution is -0.146. The highest BCUT2D eigenvalue weighted by Gasteiger charge is 2.32. The minimum Gasteiger partial charge on any atom is -0.468 e. The Bertz CT molecular complexity index is 674. The Morgan fingerprint density at radius 1 is 1.45 bits per heavy atom. The third-order valence-electron chi connectivity index (χ3n) is 3.75. The van der Waals surface area contributed by atoms with E-state index in [0.717, 1.165) is 29.4 Å². The summed E-state index contributed by atoms with van der Waals surface area (Å²) in [5, 5.41) is 8.18. The van der Waals surface area contributed by atoms with Crippen LogP contribution in [0.1, 0.15) is 18.7 Å². The first-order valence-electron chi connectivity index (χ1n) is 7.08. The van der Waals surface area contributed by atoms with Crippen LogP contribution in [-0.2, 0) is 16.1 Å². The van der Waals surface area contributed by atoms with Crippen molar-refractivity contribution in [3.05, 3.63) is 34.6 Å². The molecule has 6 nitrogen and oxygen atoms in total. The van der Waals surface area contributed by atoms with E-state index >= 15 is 0 Å². The molecule has 1 saturated heterocycles. The number of esters is 1. The predicted molar refractivity (Wildman–Crippen MR) is 82.9 cm³/mol. The van der Waals surface area contributed by atoms with Crippen LogP contribution in [0.5, 0.6) is 0 Å². The number of ether oxygens (including phenoxy) is 1. The van der Waals surface area contributed by atoms with Gasteiger partial charge in [0.25, 0.3) is 0 Å². The zero-order chi connectivity index (χ0) is 15.5. The van der Waals surface area contributed by atoms with Crippen LogP contribution in [0.25, 0.3) is 11.5 Å². The van der Waals surface area contributed by atoms with Gasteiger partial charge in [0.2, 0.25) is 11.8 Å². The van der Waals surface area contributed by atoms with E-state index in [-0.39, 0.29) is 12.0 Å². The Labute approximate surface area is 136 Å². The van der Waals surface area contributed by atoms with Gasteiger partial charge in [0, 0.05) is 4.47 Å². The maximum Gasteiger partial charge on any atom is 0.323 e. The molecule has 0 saturated carbocycles. The summed E-state index contributed by atoms with van der Waals surface area (Å²) >= 11 is 3.47. The number of benzene rings is 1. The monoisotopic (exact) mass is 365 g/mol. The van der Waals surface area contributed by atoms with Crippen LogP contribution in [0.4, 0.5) is 0 Å². The molecule has 1 aliphatic heterocycles. The highest BCUT2D eigenvalue weighted by molar-refractivity contribution is 9.10. The molecule has 0 radical (unpaired) electrons. The largest absolute Gasteiger partial charge is 0.468 e. The second kappa shape index (κ2) is 6.58. The first-order valence-corrected chi connectivity index (χ1v) is 7.87. The Kier molecular flexibility index (Phi) is 4.54. The van der Waals surface area contributed by atoms with Gasteiger partial charge in [-0.25, -0.2) is 0 Å².